The normalized spacial score (nSPS) is 27.5. The first-order valence-corrected chi connectivity index (χ1v) is 7.33. The minimum Gasteiger partial charge on any atom is -0.314 e. The number of halogens is 4. The molecule has 0 radical (unpaired) electrons. The molecule has 1 fully saturated rings. The van der Waals surface area contributed by atoms with Gasteiger partial charge in [0, 0.05) is 30.8 Å². The van der Waals surface area contributed by atoms with Crippen molar-refractivity contribution in [1.82, 2.24) is 10.3 Å². The Morgan fingerprint density at radius 3 is 2.83 bits per heavy atom. The molecule has 0 aromatic heterocycles. The summed E-state index contributed by atoms with van der Waals surface area (Å²) in [5, 5.41) is 7.64. The van der Waals surface area contributed by atoms with Crippen LogP contribution in [-0.4, -0.2) is 36.4 Å². The van der Waals surface area contributed by atoms with Crippen LogP contribution in [0.4, 0.5) is 17.6 Å². The lowest BCUT2D eigenvalue weighted by atomic mass is 9.93. The molecule has 23 heavy (non-hydrogen) atoms. The van der Waals surface area contributed by atoms with Crippen LogP contribution in [0.1, 0.15) is 24.4 Å². The zero-order valence-corrected chi connectivity index (χ0v) is 12.1. The van der Waals surface area contributed by atoms with Crippen molar-refractivity contribution >= 4 is 12.1 Å². The summed E-state index contributed by atoms with van der Waals surface area (Å²) in [4.78, 5) is 12.5. The third kappa shape index (κ3) is 2.95. The topological polar surface area (TPSA) is 44.7 Å². The average molecular weight is 329 g/mol. The van der Waals surface area contributed by atoms with E-state index < -0.39 is 41.5 Å². The van der Waals surface area contributed by atoms with Crippen molar-refractivity contribution in [1.29, 1.82) is 0 Å². The van der Waals surface area contributed by atoms with Gasteiger partial charge in [-0.05, 0) is 19.0 Å². The molecule has 2 aliphatic rings. The fourth-order valence-electron chi connectivity index (χ4n) is 2.97. The third-order valence-electron chi connectivity index (χ3n) is 4.16. The molecule has 0 saturated carbocycles. The predicted octanol–water partition coefficient (Wildman–Crippen LogP) is 2.31. The highest BCUT2D eigenvalue weighted by Gasteiger charge is 2.39. The minimum atomic E-state index is -1.37. The molecule has 8 heteroatoms. The van der Waals surface area contributed by atoms with E-state index in [1.165, 1.54) is 6.21 Å². The maximum absolute atomic E-state index is 14.0. The SMILES string of the molecule is O=C([C@@H]1CCNCC1F)N1N=CCC1c1cc(F)cc(F)c1F. The Morgan fingerprint density at radius 1 is 1.30 bits per heavy atom. The summed E-state index contributed by atoms with van der Waals surface area (Å²) in [6.45, 7) is 0.545. The van der Waals surface area contributed by atoms with Crippen LogP contribution in [0, 0.1) is 23.4 Å². The number of carbonyl (C=O) groups excluding carboxylic acids is 1. The quantitative estimate of drug-likeness (QED) is 0.668. The lowest BCUT2D eigenvalue weighted by Crippen LogP contribution is -2.46. The van der Waals surface area contributed by atoms with Gasteiger partial charge in [-0.25, -0.2) is 22.6 Å². The number of amides is 1. The lowest BCUT2D eigenvalue weighted by molar-refractivity contribution is -0.140. The Bertz CT molecular complexity index is 652. The van der Waals surface area contributed by atoms with Crippen LogP contribution >= 0.6 is 0 Å². The zero-order valence-electron chi connectivity index (χ0n) is 12.1. The number of hydrogen-bond acceptors (Lipinski definition) is 3. The van der Waals surface area contributed by atoms with Crippen LogP contribution in [0.25, 0.3) is 0 Å². The first-order chi connectivity index (χ1) is 11.0. The van der Waals surface area contributed by atoms with Crippen LogP contribution in [0.15, 0.2) is 17.2 Å². The Balaban J connectivity index is 1.88. The molecular weight excluding hydrogens is 314 g/mol. The summed E-state index contributed by atoms with van der Waals surface area (Å²) >= 11 is 0. The molecule has 3 rings (SSSR count). The standard InChI is InChI=1S/C15H15F4N3O/c16-8-5-10(14(19)11(17)6-8)13-2-4-21-22(13)15(23)9-1-3-20-7-12(9)18/h4-6,9,12-13,20H,1-3,7H2/t9-,12?,13?/m1/s1. The van der Waals surface area contributed by atoms with Gasteiger partial charge in [-0.3, -0.25) is 4.79 Å². The van der Waals surface area contributed by atoms with Crippen molar-refractivity contribution < 1.29 is 22.4 Å². The smallest absolute Gasteiger partial charge is 0.249 e. The second kappa shape index (κ2) is 6.27. The number of alkyl halides is 1. The molecule has 2 aliphatic heterocycles. The third-order valence-corrected chi connectivity index (χ3v) is 4.16. The van der Waals surface area contributed by atoms with E-state index in [4.69, 9.17) is 0 Å². The van der Waals surface area contributed by atoms with Crippen molar-refractivity contribution in [2.24, 2.45) is 11.0 Å². The first kappa shape index (κ1) is 15.9. The second-order valence-electron chi connectivity index (χ2n) is 5.64. The molecular formula is C15H15F4N3O. The highest BCUT2D eigenvalue weighted by Crippen LogP contribution is 2.34. The van der Waals surface area contributed by atoms with E-state index in [0.717, 1.165) is 11.1 Å². The second-order valence-corrected chi connectivity index (χ2v) is 5.64. The Morgan fingerprint density at radius 2 is 2.09 bits per heavy atom. The summed E-state index contributed by atoms with van der Waals surface area (Å²) in [5.41, 5.74) is -0.294. The monoisotopic (exact) mass is 329 g/mol. The van der Waals surface area contributed by atoms with E-state index in [2.05, 4.69) is 10.4 Å². The number of rotatable bonds is 2. The van der Waals surface area contributed by atoms with Gasteiger partial charge < -0.3 is 5.32 Å². The van der Waals surface area contributed by atoms with Crippen molar-refractivity contribution in [3.8, 4) is 0 Å². The fourth-order valence-corrected chi connectivity index (χ4v) is 2.97. The number of nitrogens with one attached hydrogen (secondary N) is 1. The van der Waals surface area contributed by atoms with E-state index in [0.29, 0.717) is 19.0 Å². The molecule has 0 aliphatic carbocycles. The molecule has 0 bridgehead atoms. The molecule has 124 valence electrons. The maximum atomic E-state index is 14.0. The van der Waals surface area contributed by atoms with Crippen LogP contribution in [-0.2, 0) is 4.79 Å². The van der Waals surface area contributed by atoms with Gasteiger partial charge in [0.1, 0.15) is 12.0 Å². The number of nitrogens with zero attached hydrogens (tertiary/aromatic N) is 2. The van der Waals surface area contributed by atoms with Gasteiger partial charge in [0.2, 0.25) is 5.91 Å². The molecule has 1 amide bonds. The van der Waals surface area contributed by atoms with Gasteiger partial charge in [0.15, 0.2) is 11.6 Å². The van der Waals surface area contributed by atoms with Crippen LogP contribution in [0.5, 0.6) is 0 Å². The lowest BCUT2D eigenvalue weighted by Gasteiger charge is -2.31. The van der Waals surface area contributed by atoms with E-state index in [-0.39, 0.29) is 18.5 Å². The van der Waals surface area contributed by atoms with E-state index >= 15 is 0 Å². The van der Waals surface area contributed by atoms with Crippen molar-refractivity contribution in [2.75, 3.05) is 13.1 Å². The molecule has 3 atom stereocenters. The van der Waals surface area contributed by atoms with Crippen LogP contribution in [0.3, 0.4) is 0 Å². The molecule has 1 saturated heterocycles. The summed E-state index contributed by atoms with van der Waals surface area (Å²) in [6.07, 6.45) is 0.396. The van der Waals surface area contributed by atoms with Crippen molar-refractivity contribution in [3.05, 3.63) is 35.1 Å². The van der Waals surface area contributed by atoms with Gasteiger partial charge in [-0.15, -0.1) is 0 Å². The molecule has 4 nitrogen and oxygen atoms in total. The summed E-state index contributed by atoms with van der Waals surface area (Å²) in [6, 6.07) is 0.313. The fraction of sp³-hybridized carbons (Fsp3) is 0.467. The van der Waals surface area contributed by atoms with E-state index in [1.807, 2.05) is 0 Å². The van der Waals surface area contributed by atoms with Crippen molar-refractivity contribution in [2.45, 2.75) is 25.1 Å². The van der Waals surface area contributed by atoms with E-state index in [1.54, 1.807) is 0 Å². The van der Waals surface area contributed by atoms with Gasteiger partial charge >= 0.3 is 0 Å². The molecule has 1 N–H and O–H groups in total. The predicted molar refractivity (Wildman–Crippen MR) is 74.9 cm³/mol. The number of hydrogen-bond donors (Lipinski definition) is 1. The van der Waals surface area contributed by atoms with Gasteiger partial charge in [-0.1, -0.05) is 0 Å². The number of piperidine rings is 1. The average Bonchev–Trinajstić information content (AvgIpc) is 3.00. The summed E-state index contributed by atoms with van der Waals surface area (Å²) in [5.74, 6) is -4.98. The largest absolute Gasteiger partial charge is 0.314 e. The Labute approximate surface area is 130 Å². The number of hydrazone groups is 1. The molecule has 2 unspecified atom stereocenters. The van der Waals surface area contributed by atoms with Crippen molar-refractivity contribution in [3.63, 3.8) is 0 Å². The minimum absolute atomic E-state index is 0.0571. The summed E-state index contributed by atoms with van der Waals surface area (Å²) < 4.78 is 54.7. The number of carbonyl (C=O) groups is 1. The van der Waals surface area contributed by atoms with Gasteiger partial charge in [-0.2, -0.15) is 5.10 Å². The molecule has 2 heterocycles. The summed E-state index contributed by atoms with van der Waals surface area (Å²) in [7, 11) is 0. The van der Waals surface area contributed by atoms with Crippen LogP contribution in [0.2, 0.25) is 0 Å². The van der Waals surface area contributed by atoms with Gasteiger partial charge in [0.25, 0.3) is 0 Å². The number of benzene rings is 1. The first-order valence-electron chi connectivity index (χ1n) is 7.33. The highest BCUT2D eigenvalue weighted by molar-refractivity contribution is 5.82. The zero-order chi connectivity index (χ0) is 16.6. The molecule has 0 spiro atoms. The van der Waals surface area contributed by atoms with E-state index in [9.17, 15) is 22.4 Å². The maximum Gasteiger partial charge on any atom is 0.249 e. The molecule has 1 aromatic rings. The van der Waals surface area contributed by atoms with Crippen LogP contribution < -0.4 is 5.32 Å². The Kier molecular flexibility index (Phi) is 4.34. The highest BCUT2D eigenvalue weighted by atomic mass is 19.2. The Hall–Kier alpha value is -1.96. The molecule has 1 aromatic carbocycles. The van der Waals surface area contributed by atoms with Gasteiger partial charge in [0.05, 0.1) is 12.0 Å².